The molecule has 0 saturated carbocycles. The predicted molar refractivity (Wildman–Crippen MR) is 86.4 cm³/mol. The van der Waals surface area contributed by atoms with Crippen LogP contribution < -0.4 is 11.1 Å². The first-order valence-corrected chi connectivity index (χ1v) is 7.45. The molecule has 19 heavy (non-hydrogen) atoms. The van der Waals surface area contributed by atoms with Gasteiger partial charge in [0, 0.05) is 16.4 Å². The minimum atomic E-state index is 0.704. The third kappa shape index (κ3) is 3.60. The van der Waals surface area contributed by atoms with Gasteiger partial charge in [0.05, 0.1) is 23.1 Å². The first-order valence-electron chi connectivity index (χ1n) is 6.65. The van der Waals surface area contributed by atoms with Gasteiger partial charge in [-0.2, -0.15) is 0 Å². The van der Waals surface area contributed by atoms with Gasteiger partial charge in [-0.25, -0.2) is 0 Å². The molecule has 0 unspecified atom stereocenters. The standard InChI is InChI=1S/C15H20BrN3/c1-10(2)4-3-7-18-15-12-8-11(16)5-6-14(12)19-9-13(15)17/h5-6,8-10H,3-4,7,17H2,1-2H3,(H,18,19). The molecule has 4 heteroatoms. The molecule has 0 atom stereocenters. The Kier molecular flexibility index (Phi) is 4.64. The predicted octanol–water partition coefficient (Wildman–Crippen LogP) is 4.43. The van der Waals surface area contributed by atoms with Crippen LogP contribution in [-0.2, 0) is 0 Å². The minimum Gasteiger partial charge on any atom is -0.396 e. The Morgan fingerprint density at radius 1 is 1.37 bits per heavy atom. The molecule has 1 heterocycles. The molecule has 0 bridgehead atoms. The second-order valence-electron chi connectivity index (χ2n) is 5.21. The van der Waals surface area contributed by atoms with Crippen molar-refractivity contribution in [1.29, 1.82) is 0 Å². The Labute approximate surface area is 122 Å². The van der Waals surface area contributed by atoms with Crippen molar-refractivity contribution in [2.24, 2.45) is 5.92 Å². The lowest BCUT2D eigenvalue weighted by molar-refractivity contribution is 0.567. The summed E-state index contributed by atoms with van der Waals surface area (Å²) in [5, 5.41) is 4.52. The summed E-state index contributed by atoms with van der Waals surface area (Å²) in [4.78, 5) is 4.35. The zero-order chi connectivity index (χ0) is 13.8. The lowest BCUT2D eigenvalue weighted by atomic mass is 10.1. The van der Waals surface area contributed by atoms with Crippen LogP contribution in [0.1, 0.15) is 26.7 Å². The molecule has 0 amide bonds. The van der Waals surface area contributed by atoms with Gasteiger partial charge in [0.15, 0.2) is 0 Å². The van der Waals surface area contributed by atoms with E-state index in [4.69, 9.17) is 5.73 Å². The van der Waals surface area contributed by atoms with Crippen LogP contribution >= 0.6 is 15.9 Å². The molecule has 102 valence electrons. The summed E-state index contributed by atoms with van der Waals surface area (Å²) in [6.07, 6.45) is 4.09. The molecule has 0 radical (unpaired) electrons. The number of nitrogens with zero attached hydrogens (tertiary/aromatic N) is 1. The second-order valence-corrected chi connectivity index (χ2v) is 6.13. The van der Waals surface area contributed by atoms with Crippen molar-refractivity contribution in [3.05, 3.63) is 28.9 Å². The number of nitrogen functional groups attached to an aromatic ring is 1. The van der Waals surface area contributed by atoms with E-state index in [1.54, 1.807) is 6.20 Å². The molecule has 3 nitrogen and oxygen atoms in total. The number of nitrogens with one attached hydrogen (secondary N) is 1. The number of fused-ring (bicyclic) bond motifs is 1. The average Bonchev–Trinajstić information content (AvgIpc) is 2.36. The summed E-state index contributed by atoms with van der Waals surface area (Å²) in [6, 6.07) is 6.05. The van der Waals surface area contributed by atoms with Crippen molar-refractivity contribution in [3.8, 4) is 0 Å². The fraction of sp³-hybridized carbons (Fsp3) is 0.400. The Morgan fingerprint density at radius 2 is 2.16 bits per heavy atom. The summed E-state index contributed by atoms with van der Waals surface area (Å²) >= 11 is 3.50. The highest BCUT2D eigenvalue weighted by Gasteiger charge is 2.07. The fourth-order valence-electron chi connectivity index (χ4n) is 2.10. The molecule has 0 aliphatic carbocycles. The molecule has 3 N–H and O–H groups in total. The second kappa shape index (κ2) is 6.24. The Morgan fingerprint density at radius 3 is 2.89 bits per heavy atom. The number of anilines is 2. The Bertz CT molecular complexity index is 561. The number of nitrogens with two attached hydrogens (primary N) is 1. The van der Waals surface area contributed by atoms with Gasteiger partial charge in [-0.15, -0.1) is 0 Å². The topological polar surface area (TPSA) is 50.9 Å². The van der Waals surface area contributed by atoms with Gasteiger partial charge >= 0.3 is 0 Å². The Balaban J connectivity index is 2.20. The maximum atomic E-state index is 6.04. The molecular formula is C15H20BrN3. The average molecular weight is 322 g/mol. The highest BCUT2D eigenvalue weighted by atomic mass is 79.9. The highest BCUT2D eigenvalue weighted by molar-refractivity contribution is 9.10. The van der Waals surface area contributed by atoms with Crippen molar-refractivity contribution in [2.75, 3.05) is 17.6 Å². The number of halogens is 1. The third-order valence-electron chi connectivity index (χ3n) is 3.12. The monoisotopic (exact) mass is 321 g/mol. The van der Waals surface area contributed by atoms with Crippen molar-refractivity contribution < 1.29 is 0 Å². The van der Waals surface area contributed by atoms with Gasteiger partial charge in [0.25, 0.3) is 0 Å². The number of benzene rings is 1. The molecule has 1 aromatic heterocycles. The van der Waals surface area contributed by atoms with E-state index in [0.717, 1.165) is 39.9 Å². The van der Waals surface area contributed by atoms with E-state index in [9.17, 15) is 0 Å². The van der Waals surface area contributed by atoms with Crippen LogP contribution in [0, 0.1) is 5.92 Å². The molecule has 0 fully saturated rings. The lowest BCUT2D eigenvalue weighted by Gasteiger charge is -2.13. The van der Waals surface area contributed by atoms with Gasteiger partial charge in [0.1, 0.15) is 0 Å². The maximum absolute atomic E-state index is 6.04. The van der Waals surface area contributed by atoms with Crippen molar-refractivity contribution in [1.82, 2.24) is 4.98 Å². The molecule has 2 aromatic rings. The Hall–Kier alpha value is -1.29. The third-order valence-corrected chi connectivity index (χ3v) is 3.61. The quantitative estimate of drug-likeness (QED) is 0.801. The van der Waals surface area contributed by atoms with Gasteiger partial charge in [-0.1, -0.05) is 29.8 Å². The zero-order valence-electron chi connectivity index (χ0n) is 11.4. The van der Waals surface area contributed by atoms with Crippen LogP contribution in [0.3, 0.4) is 0 Å². The summed E-state index contributed by atoms with van der Waals surface area (Å²) < 4.78 is 1.04. The number of aromatic nitrogens is 1. The molecule has 0 aliphatic rings. The molecule has 0 saturated heterocycles. The zero-order valence-corrected chi connectivity index (χ0v) is 13.0. The fourth-order valence-corrected chi connectivity index (χ4v) is 2.46. The van der Waals surface area contributed by atoms with E-state index in [2.05, 4.69) is 46.1 Å². The molecule has 0 aliphatic heterocycles. The van der Waals surface area contributed by atoms with Crippen molar-refractivity contribution in [2.45, 2.75) is 26.7 Å². The van der Waals surface area contributed by atoms with E-state index >= 15 is 0 Å². The van der Waals surface area contributed by atoms with Crippen LogP contribution in [0.25, 0.3) is 10.9 Å². The SMILES string of the molecule is CC(C)CCCNc1c(N)cnc2ccc(Br)cc12. The van der Waals surface area contributed by atoms with Crippen LogP contribution in [0.4, 0.5) is 11.4 Å². The number of hydrogen-bond acceptors (Lipinski definition) is 3. The largest absolute Gasteiger partial charge is 0.396 e. The van der Waals surface area contributed by atoms with Gasteiger partial charge < -0.3 is 11.1 Å². The first kappa shape index (κ1) is 14.1. The first-order chi connectivity index (χ1) is 9.08. The normalized spacial score (nSPS) is 11.2. The smallest absolute Gasteiger partial charge is 0.0743 e. The van der Waals surface area contributed by atoms with E-state index in [0.29, 0.717) is 5.69 Å². The van der Waals surface area contributed by atoms with Crippen LogP contribution in [-0.4, -0.2) is 11.5 Å². The van der Waals surface area contributed by atoms with E-state index in [1.165, 1.54) is 6.42 Å². The number of pyridine rings is 1. The maximum Gasteiger partial charge on any atom is 0.0743 e. The summed E-state index contributed by atoms with van der Waals surface area (Å²) in [6.45, 7) is 5.43. The van der Waals surface area contributed by atoms with Crippen molar-refractivity contribution in [3.63, 3.8) is 0 Å². The van der Waals surface area contributed by atoms with E-state index in [-0.39, 0.29) is 0 Å². The molecule has 2 rings (SSSR count). The highest BCUT2D eigenvalue weighted by Crippen LogP contribution is 2.30. The lowest BCUT2D eigenvalue weighted by Crippen LogP contribution is -2.06. The summed E-state index contributed by atoms with van der Waals surface area (Å²) in [5.41, 5.74) is 8.70. The molecule has 1 aromatic carbocycles. The van der Waals surface area contributed by atoms with Gasteiger partial charge in [-0.05, 0) is 37.0 Å². The van der Waals surface area contributed by atoms with Crippen LogP contribution in [0.15, 0.2) is 28.9 Å². The number of hydrogen-bond donors (Lipinski definition) is 2. The summed E-state index contributed by atoms with van der Waals surface area (Å²) in [7, 11) is 0. The van der Waals surface area contributed by atoms with E-state index in [1.807, 2.05) is 12.1 Å². The van der Waals surface area contributed by atoms with Gasteiger partial charge in [0.2, 0.25) is 0 Å². The van der Waals surface area contributed by atoms with E-state index < -0.39 is 0 Å². The number of rotatable bonds is 5. The molecular weight excluding hydrogens is 302 g/mol. The molecule has 0 spiro atoms. The minimum absolute atomic E-state index is 0.704. The van der Waals surface area contributed by atoms with Crippen molar-refractivity contribution >= 4 is 38.2 Å². The van der Waals surface area contributed by atoms with Crippen LogP contribution in [0.2, 0.25) is 0 Å². The van der Waals surface area contributed by atoms with Gasteiger partial charge in [-0.3, -0.25) is 4.98 Å². The van der Waals surface area contributed by atoms with Crippen LogP contribution in [0.5, 0.6) is 0 Å². The summed E-state index contributed by atoms with van der Waals surface area (Å²) in [5.74, 6) is 0.738.